The molecule has 3 heterocycles. The van der Waals surface area contributed by atoms with E-state index in [1.165, 1.54) is 0 Å². The Bertz CT molecular complexity index is 371. The number of ether oxygens (including phenoxy) is 3. The Kier molecular flexibility index (Phi) is 1.88. The van der Waals surface area contributed by atoms with Crippen LogP contribution in [0, 0.1) is 0 Å². The highest BCUT2D eigenvalue weighted by molar-refractivity contribution is 9.10. The van der Waals surface area contributed by atoms with Crippen LogP contribution in [0.4, 0.5) is 0 Å². The molecular weight excluding hydrogens is 250 g/mol. The van der Waals surface area contributed by atoms with Crippen molar-refractivity contribution in [1.29, 1.82) is 0 Å². The number of nitrogens with zero attached hydrogens (tertiary/aromatic N) is 1. The summed E-state index contributed by atoms with van der Waals surface area (Å²) in [4.78, 5) is 4.19. The van der Waals surface area contributed by atoms with Crippen LogP contribution in [0.3, 0.4) is 0 Å². The fourth-order valence-corrected chi connectivity index (χ4v) is 1.91. The highest BCUT2D eigenvalue weighted by Gasteiger charge is 2.37. The third-order valence-corrected chi connectivity index (χ3v) is 2.75. The summed E-state index contributed by atoms with van der Waals surface area (Å²) in [6, 6.07) is 3.68. The highest BCUT2D eigenvalue weighted by Crippen LogP contribution is 2.34. The van der Waals surface area contributed by atoms with Crippen LogP contribution in [-0.2, 0) is 4.74 Å². The van der Waals surface area contributed by atoms with E-state index in [9.17, 15) is 0 Å². The summed E-state index contributed by atoms with van der Waals surface area (Å²) >= 11 is 3.29. The first-order valence-corrected chi connectivity index (χ1v) is 5.20. The molecule has 3 rings (SSSR count). The molecule has 2 atom stereocenters. The molecule has 1 fully saturated rings. The standard InChI is InChI=1S/C9H8BrNO3/c10-8-2-1-5-9(11-8)14-7-4-12-3-6(7)13-5/h1-2,6-7H,3-4H2. The molecule has 2 aliphatic rings. The van der Waals surface area contributed by atoms with Gasteiger partial charge in [-0.05, 0) is 28.1 Å². The summed E-state index contributed by atoms with van der Waals surface area (Å²) in [7, 11) is 0. The molecule has 0 N–H and O–H groups in total. The molecule has 0 aliphatic carbocycles. The molecule has 0 radical (unpaired) electrons. The van der Waals surface area contributed by atoms with E-state index in [1.807, 2.05) is 12.1 Å². The van der Waals surface area contributed by atoms with Gasteiger partial charge in [0.1, 0.15) is 4.60 Å². The van der Waals surface area contributed by atoms with Crippen LogP contribution in [0.15, 0.2) is 16.7 Å². The van der Waals surface area contributed by atoms with Crippen molar-refractivity contribution in [2.75, 3.05) is 13.2 Å². The van der Waals surface area contributed by atoms with Crippen molar-refractivity contribution >= 4 is 15.9 Å². The number of fused-ring (bicyclic) bond motifs is 2. The van der Waals surface area contributed by atoms with E-state index >= 15 is 0 Å². The van der Waals surface area contributed by atoms with Gasteiger partial charge in [-0.2, -0.15) is 0 Å². The fraction of sp³-hybridized carbons (Fsp3) is 0.444. The van der Waals surface area contributed by atoms with Gasteiger partial charge in [-0.25, -0.2) is 4.98 Å². The van der Waals surface area contributed by atoms with E-state index < -0.39 is 0 Å². The van der Waals surface area contributed by atoms with Gasteiger partial charge < -0.3 is 14.2 Å². The third kappa shape index (κ3) is 1.27. The van der Waals surface area contributed by atoms with E-state index in [0.29, 0.717) is 24.8 Å². The van der Waals surface area contributed by atoms with Gasteiger partial charge in [0, 0.05) is 0 Å². The van der Waals surface area contributed by atoms with Crippen LogP contribution in [0.2, 0.25) is 0 Å². The van der Waals surface area contributed by atoms with Gasteiger partial charge in [-0.15, -0.1) is 0 Å². The third-order valence-electron chi connectivity index (χ3n) is 2.31. The van der Waals surface area contributed by atoms with E-state index in [2.05, 4.69) is 20.9 Å². The summed E-state index contributed by atoms with van der Waals surface area (Å²) in [5, 5.41) is 0. The molecule has 4 nitrogen and oxygen atoms in total. The zero-order valence-corrected chi connectivity index (χ0v) is 8.86. The zero-order valence-electron chi connectivity index (χ0n) is 7.27. The molecule has 1 aromatic heterocycles. The number of hydrogen-bond donors (Lipinski definition) is 0. The van der Waals surface area contributed by atoms with Crippen molar-refractivity contribution in [3.8, 4) is 11.6 Å². The van der Waals surface area contributed by atoms with Gasteiger partial charge >= 0.3 is 0 Å². The predicted molar refractivity (Wildman–Crippen MR) is 51.6 cm³/mol. The Labute approximate surface area is 89.3 Å². The Balaban J connectivity index is 1.97. The summed E-state index contributed by atoms with van der Waals surface area (Å²) in [5.41, 5.74) is 0. The van der Waals surface area contributed by atoms with Gasteiger partial charge in [0.25, 0.3) is 5.88 Å². The molecule has 1 saturated heterocycles. The second kappa shape index (κ2) is 3.10. The number of halogens is 1. The summed E-state index contributed by atoms with van der Waals surface area (Å²) in [6.07, 6.45) is 0.00905. The van der Waals surface area contributed by atoms with Crippen LogP contribution in [0.1, 0.15) is 0 Å². The molecule has 74 valence electrons. The minimum atomic E-state index is -0.00991. The molecule has 14 heavy (non-hydrogen) atoms. The van der Waals surface area contributed by atoms with Gasteiger partial charge in [0.15, 0.2) is 18.0 Å². The van der Waals surface area contributed by atoms with Crippen molar-refractivity contribution in [2.45, 2.75) is 12.2 Å². The molecule has 0 aromatic carbocycles. The molecule has 0 amide bonds. The van der Waals surface area contributed by atoms with E-state index in [1.54, 1.807) is 0 Å². The largest absolute Gasteiger partial charge is 0.478 e. The lowest BCUT2D eigenvalue weighted by atomic mass is 10.2. The Morgan fingerprint density at radius 1 is 1.21 bits per heavy atom. The molecular formula is C9H8BrNO3. The monoisotopic (exact) mass is 257 g/mol. The molecule has 1 aromatic rings. The lowest BCUT2D eigenvalue weighted by Crippen LogP contribution is -2.38. The molecule has 0 saturated carbocycles. The second-order valence-corrected chi connectivity index (χ2v) is 4.10. The summed E-state index contributed by atoms with van der Waals surface area (Å²) in [6.45, 7) is 1.18. The maximum atomic E-state index is 5.68. The average Bonchev–Trinajstić information content (AvgIpc) is 2.61. The SMILES string of the molecule is Brc1ccc2c(n1)OC1COCC1O2. The fourth-order valence-electron chi connectivity index (χ4n) is 1.62. The first kappa shape index (κ1) is 8.49. The minimum Gasteiger partial charge on any atom is -0.478 e. The van der Waals surface area contributed by atoms with Crippen LogP contribution in [0.5, 0.6) is 11.6 Å². The zero-order chi connectivity index (χ0) is 9.54. The Morgan fingerprint density at radius 3 is 2.86 bits per heavy atom. The van der Waals surface area contributed by atoms with E-state index in [-0.39, 0.29) is 12.2 Å². The molecule has 0 bridgehead atoms. The quantitative estimate of drug-likeness (QED) is 0.659. The maximum Gasteiger partial charge on any atom is 0.258 e. The maximum absolute atomic E-state index is 5.68. The van der Waals surface area contributed by atoms with Crippen LogP contribution < -0.4 is 9.47 Å². The first-order chi connectivity index (χ1) is 6.83. The van der Waals surface area contributed by atoms with Crippen molar-refractivity contribution in [2.24, 2.45) is 0 Å². The summed E-state index contributed by atoms with van der Waals surface area (Å²) < 4.78 is 17.3. The number of hydrogen-bond acceptors (Lipinski definition) is 4. The molecule has 2 aliphatic heterocycles. The summed E-state index contributed by atoms with van der Waals surface area (Å²) in [5.74, 6) is 1.24. The van der Waals surface area contributed by atoms with Crippen molar-refractivity contribution in [3.63, 3.8) is 0 Å². The molecule has 5 heteroatoms. The van der Waals surface area contributed by atoms with Gasteiger partial charge in [-0.3, -0.25) is 0 Å². The van der Waals surface area contributed by atoms with Gasteiger partial charge in [0.05, 0.1) is 13.2 Å². The molecule has 2 unspecified atom stereocenters. The van der Waals surface area contributed by atoms with Crippen molar-refractivity contribution < 1.29 is 14.2 Å². The lowest BCUT2D eigenvalue weighted by molar-refractivity contribution is 0.0500. The van der Waals surface area contributed by atoms with E-state index in [0.717, 1.165) is 4.60 Å². The predicted octanol–water partition coefficient (Wildman–Crippen LogP) is 1.38. The second-order valence-electron chi connectivity index (χ2n) is 3.29. The average molecular weight is 258 g/mol. The van der Waals surface area contributed by atoms with E-state index in [4.69, 9.17) is 14.2 Å². The number of pyridine rings is 1. The Hall–Kier alpha value is -0.810. The number of aromatic nitrogens is 1. The van der Waals surface area contributed by atoms with Crippen molar-refractivity contribution in [3.05, 3.63) is 16.7 Å². The lowest BCUT2D eigenvalue weighted by Gasteiger charge is -2.26. The van der Waals surface area contributed by atoms with Crippen LogP contribution in [-0.4, -0.2) is 30.4 Å². The first-order valence-electron chi connectivity index (χ1n) is 4.40. The number of rotatable bonds is 0. The normalized spacial score (nSPS) is 28.6. The molecule has 0 spiro atoms. The van der Waals surface area contributed by atoms with Crippen molar-refractivity contribution in [1.82, 2.24) is 4.98 Å². The topological polar surface area (TPSA) is 40.6 Å². The highest BCUT2D eigenvalue weighted by atomic mass is 79.9. The van der Waals surface area contributed by atoms with Crippen LogP contribution in [0.25, 0.3) is 0 Å². The minimum absolute atomic E-state index is 0.00991. The van der Waals surface area contributed by atoms with Gasteiger partial charge in [0.2, 0.25) is 0 Å². The van der Waals surface area contributed by atoms with Gasteiger partial charge in [-0.1, -0.05) is 0 Å². The smallest absolute Gasteiger partial charge is 0.258 e. The Morgan fingerprint density at radius 2 is 2.00 bits per heavy atom. The van der Waals surface area contributed by atoms with Crippen LogP contribution >= 0.6 is 15.9 Å².